The van der Waals surface area contributed by atoms with E-state index in [1.807, 2.05) is 13.0 Å². The molecule has 1 aliphatic rings. The third-order valence-corrected chi connectivity index (χ3v) is 4.38. The van der Waals surface area contributed by atoms with Crippen LogP contribution in [0.4, 0.5) is 5.69 Å². The van der Waals surface area contributed by atoms with Crippen molar-refractivity contribution in [3.63, 3.8) is 0 Å². The van der Waals surface area contributed by atoms with Crippen LogP contribution in [0.1, 0.15) is 31.4 Å². The number of nitro groups is 1. The van der Waals surface area contributed by atoms with Gasteiger partial charge in [0, 0.05) is 37.8 Å². The first-order valence-corrected chi connectivity index (χ1v) is 7.99. The van der Waals surface area contributed by atoms with Crippen LogP contribution >= 0.6 is 12.4 Å². The maximum Gasteiger partial charge on any atom is 0.269 e. The maximum absolute atomic E-state index is 12.1. The minimum absolute atomic E-state index is 0. The molecule has 1 aromatic carbocycles. The Morgan fingerprint density at radius 2 is 2.29 bits per heavy atom. The summed E-state index contributed by atoms with van der Waals surface area (Å²) in [6.07, 6.45) is 1.81. The lowest BCUT2D eigenvalue weighted by Crippen LogP contribution is -2.44. The number of hydrogen-bond acceptors (Lipinski definition) is 5. The summed E-state index contributed by atoms with van der Waals surface area (Å²) in [7, 11) is 0. The summed E-state index contributed by atoms with van der Waals surface area (Å²) in [6.45, 7) is 4.52. The van der Waals surface area contributed by atoms with Gasteiger partial charge < -0.3 is 11.1 Å². The van der Waals surface area contributed by atoms with Crippen molar-refractivity contribution in [2.45, 2.75) is 25.8 Å². The van der Waals surface area contributed by atoms with E-state index >= 15 is 0 Å². The molecular weight excluding hydrogens is 332 g/mol. The smallest absolute Gasteiger partial charge is 0.269 e. The van der Waals surface area contributed by atoms with E-state index in [-0.39, 0.29) is 40.9 Å². The van der Waals surface area contributed by atoms with Gasteiger partial charge >= 0.3 is 0 Å². The van der Waals surface area contributed by atoms with Crippen molar-refractivity contribution in [3.05, 3.63) is 39.9 Å². The number of amides is 1. The molecule has 0 bridgehead atoms. The zero-order valence-corrected chi connectivity index (χ0v) is 14.6. The fourth-order valence-corrected chi connectivity index (χ4v) is 3.02. The number of benzene rings is 1. The average molecular weight is 357 g/mol. The topological polar surface area (TPSA) is 102 Å². The number of carbonyl (C=O) groups excluding carboxylic acids is 1. The molecule has 0 radical (unpaired) electrons. The number of likely N-dealkylation sites (tertiary alicyclic amines) is 1. The van der Waals surface area contributed by atoms with Crippen molar-refractivity contribution in [2.24, 2.45) is 11.7 Å². The lowest BCUT2D eigenvalue weighted by Gasteiger charge is -2.36. The number of rotatable bonds is 6. The highest BCUT2D eigenvalue weighted by Gasteiger charge is 2.28. The molecule has 1 amide bonds. The Morgan fingerprint density at radius 1 is 1.54 bits per heavy atom. The highest BCUT2D eigenvalue weighted by molar-refractivity contribution is 5.85. The van der Waals surface area contributed by atoms with E-state index < -0.39 is 0 Å². The van der Waals surface area contributed by atoms with Gasteiger partial charge in [0.05, 0.1) is 10.8 Å². The third-order valence-electron chi connectivity index (χ3n) is 4.38. The largest absolute Gasteiger partial charge is 0.355 e. The summed E-state index contributed by atoms with van der Waals surface area (Å²) >= 11 is 0. The number of nitrogens with two attached hydrogens (primary N) is 1. The van der Waals surface area contributed by atoms with Crippen molar-refractivity contribution in [2.75, 3.05) is 26.2 Å². The Kier molecular flexibility index (Phi) is 8.10. The van der Waals surface area contributed by atoms with Crippen molar-refractivity contribution >= 4 is 24.0 Å². The molecule has 0 aliphatic carbocycles. The molecule has 2 unspecified atom stereocenters. The first-order chi connectivity index (χ1) is 11.0. The summed E-state index contributed by atoms with van der Waals surface area (Å²) in [6, 6.07) is 6.76. The Morgan fingerprint density at radius 3 is 2.96 bits per heavy atom. The second-order valence-corrected chi connectivity index (χ2v) is 5.94. The number of nitrogens with zero attached hydrogens (tertiary/aromatic N) is 2. The summed E-state index contributed by atoms with van der Waals surface area (Å²) in [5.74, 6) is 0.00263. The molecule has 1 aromatic rings. The predicted octanol–water partition coefficient (Wildman–Crippen LogP) is 1.86. The molecule has 2 rings (SSSR count). The van der Waals surface area contributed by atoms with Crippen LogP contribution in [0.15, 0.2) is 24.3 Å². The van der Waals surface area contributed by atoms with Crippen LogP contribution in [0.2, 0.25) is 0 Å². The van der Waals surface area contributed by atoms with Gasteiger partial charge in [-0.15, -0.1) is 12.4 Å². The van der Waals surface area contributed by atoms with E-state index in [0.717, 1.165) is 24.9 Å². The molecule has 1 aliphatic heterocycles. The number of non-ortho nitro benzene ring substituents is 1. The molecule has 134 valence electrons. The molecule has 1 fully saturated rings. The zero-order valence-electron chi connectivity index (χ0n) is 13.8. The van der Waals surface area contributed by atoms with Crippen LogP contribution in [0.25, 0.3) is 0 Å². The van der Waals surface area contributed by atoms with Crippen molar-refractivity contribution in [3.8, 4) is 0 Å². The van der Waals surface area contributed by atoms with Gasteiger partial charge in [0.1, 0.15) is 0 Å². The Balaban J connectivity index is 0.00000288. The van der Waals surface area contributed by atoms with E-state index in [2.05, 4.69) is 10.2 Å². The van der Waals surface area contributed by atoms with E-state index in [1.165, 1.54) is 6.07 Å². The van der Waals surface area contributed by atoms with Gasteiger partial charge in [0.15, 0.2) is 0 Å². The van der Waals surface area contributed by atoms with Gasteiger partial charge in [-0.3, -0.25) is 19.8 Å². The molecule has 8 heteroatoms. The van der Waals surface area contributed by atoms with Gasteiger partial charge in [-0.1, -0.05) is 12.1 Å². The molecule has 0 spiro atoms. The van der Waals surface area contributed by atoms with E-state index in [0.29, 0.717) is 19.6 Å². The van der Waals surface area contributed by atoms with Crippen LogP contribution < -0.4 is 11.1 Å². The Bertz CT molecular complexity index is 570. The minimum atomic E-state index is -0.379. The van der Waals surface area contributed by atoms with Crippen molar-refractivity contribution < 1.29 is 9.72 Å². The fraction of sp³-hybridized carbons (Fsp3) is 0.562. The number of halogens is 1. The summed E-state index contributed by atoms with van der Waals surface area (Å²) in [5, 5.41) is 13.8. The normalized spacial score (nSPS) is 19.2. The molecule has 7 nitrogen and oxygen atoms in total. The van der Waals surface area contributed by atoms with Crippen LogP contribution in [-0.4, -0.2) is 41.9 Å². The molecular formula is C16H25ClN4O3. The van der Waals surface area contributed by atoms with Crippen LogP contribution in [-0.2, 0) is 4.79 Å². The summed E-state index contributed by atoms with van der Waals surface area (Å²) < 4.78 is 0. The monoisotopic (exact) mass is 356 g/mol. The molecule has 1 heterocycles. The molecule has 1 saturated heterocycles. The quantitative estimate of drug-likeness (QED) is 0.598. The fourth-order valence-electron chi connectivity index (χ4n) is 3.02. The number of carbonyl (C=O) groups is 1. The highest BCUT2D eigenvalue weighted by Crippen LogP contribution is 2.28. The standard InChI is InChI=1S/C16H24N4O3.ClH/c1-12(13-4-2-6-15(10-13)20(22)23)19-9-3-5-14(11-19)16(21)18-8-7-17;/h2,4,6,10,12,14H,3,5,7-9,11,17H2,1H3,(H,18,21);1H. The number of piperidine rings is 1. The Labute approximate surface area is 148 Å². The minimum Gasteiger partial charge on any atom is -0.355 e. The van der Waals surface area contributed by atoms with Crippen LogP contribution in [0.3, 0.4) is 0 Å². The summed E-state index contributed by atoms with van der Waals surface area (Å²) in [5.41, 5.74) is 6.42. The van der Waals surface area contributed by atoms with Crippen LogP contribution in [0.5, 0.6) is 0 Å². The van der Waals surface area contributed by atoms with Crippen LogP contribution in [0, 0.1) is 16.0 Å². The second kappa shape index (κ2) is 9.56. The van der Waals surface area contributed by atoms with Crippen molar-refractivity contribution in [1.82, 2.24) is 10.2 Å². The summed E-state index contributed by atoms with van der Waals surface area (Å²) in [4.78, 5) is 24.9. The average Bonchev–Trinajstić information content (AvgIpc) is 2.59. The van der Waals surface area contributed by atoms with Crippen molar-refractivity contribution in [1.29, 1.82) is 0 Å². The number of nitrogens with one attached hydrogen (secondary N) is 1. The lowest BCUT2D eigenvalue weighted by molar-refractivity contribution is -0.385. The molecule has 2 atom stereocenters. The van der Waals surface area contributed by atoms with E-state index in [4.69, 9.17) is 5.73 Å². The lowest BCUT2D eigenvalue weighted by atomic mass is 9.94. The molecule has 3 N–H and O–H groups in total. The highest BCUT2D eigenvalue weighted by atomic mass is 35.5. The third kappa shape index (κ3) is 5.15. The van der Waals surface area contributed by atoms with Gasteiger partial charge in [-0.25, -0.2) is 0 Å². The van der Waals surface area contributed by atoms with Gasteiger partial charge in [-0.2, -0.15) is 0 Å². The first-order valence-electron chi connectivity index (χ1n) is 7.99. The first kappa shape index (κ1) is 20.3. The van der Waals surface area contributed by atoms with Gasteiger partial charge in [0.25, 0.3) is 5.69 Å². The van der Waals surface area contributed by atoms with E-state index in [1.54, 1.807) is 12.1 Å². The zero-order chi connectivity index (χ0) is 16.8. The van der Waals surface area contributed by atoms with Gasteiger partial charge in [-0.05, 0) is 31.9 Å². The number of nitro benzene ring substituents is 1. The SMILES string of the molecule is CC(c1cccc([N+](=O)[O-])c1)N1CCCC(C(=O)NCCN)C1.Cl. The Hall–Kier alpha value is -1.70. The molecule has 24 heavy (non-hydrogen) atoms. The molecule has 0 aromatic heterocycles. The predicted molar refractivity (Wildman–Crippen MR) is 95.1 cm³/mol. The second-order valence-electron chi connectivity index (χ2n) is 5.94. The number of hydrogen-bond donors (Lipinski definition) is 2. The van der Waals surface area contributed by atoms with E-state index in [9.17, 15) is 14.9 Å². The van der Waals surface area contributed by atoms with Gasteiger partial charge in [0.2, 0.25) is 5.91 Å². The molecule has 0 saturated carbocycles. The maximum atomic E-state index is 12.1.